The van der Waals surface area contributed by atoms with Crippen molar-refractivity contribution in [1.29, 1.82) is 0 Å². The van der Waals surface area contributed by atoms with Crippen LogP contribution in [0.25, 0.3) is 72.8 Å². The summed E-state index contributed by atoms with van der Waals surface area (Å²) in [7, 11) is 0. The SMILES string of the molecule is OCC(CSc1cccc(-c2cccc3c2sc2ccccc23)c1)(CSc1cccc(-c2cccc3c2sc2ccccc23)c1)CSc1nc2ccccc2s1. The van der Waals surface area contributed by atoms with Gasteiger partial charge in [-0.2, -0.15) is 0 Å². The van der Waals surface area contributed by atoms with E-state index in [9.17, 15) is 5.11 Å². The molecule has 274 valence electrons. The second-order valence-electron chi connectivity index (χ2n) is 14.1. The first-order valence-electron chi connectivity index (χ1n) is 18.5. The molecule has 3 aromatic heterocycles. The molecule has 0 saturated heterocycles. The van der Waals surface area contributed by atoms with E-state index in [-0.39, 0.29) is 12.0 Å². The van der Waals surface area contributed by atoms with E-state index in [1.165, 1.54) is 77.1 Å². The fourth-order valence-electron chi connectivity index (χ4n) is 7.32. The molecule has 0 aliphatic carbocycles. The fraction of sp³-hybridized carbons (Fsp3) is 0.104. The zero-order chi connectivity index (χ0) is 37.5. The van der Waals surface area contributed by atoms with Gasteiger partial charge in [-0.05, 0) is 70.8 Å². The minimum absolute atomic E-state index is 0.0897. The molecule has 0 radical (unpaired) electrons. The Morgan fingerprint density at radius 2 is 0.946 bits per heavy atom. The Labute approximate surface area is 350 Å². The van der Waals surface area contributed by atoms with Crippen LogP contribution in [-0.2, 0) is 0 Å². The number of benzene rings is 7. The van der Waals surface area contributed by atoms with E-state index in [1.807, 2.05) is 52.3 Å². The van der Waals surface area contributed by atoms with Gasteiger partial charge in [-0.15, -0.1) is 57.5 Å². The Kier molecular flexibility index (Phi) is 10.1. The minimum atomic E-state index is -0.360. The fourth-order valence-corrected chi connectivity index (χ4v) is 14.8. The third-order valence-corrected chi connectivity index (χ3v) is 18.0. The molecule has 10 rings (SSSR count). The van der Waals surface area contributed by atoms with Crippen molar-refractivity contribution in [3.05, 3.63) is 158 Å². The predicted octanol–water partition coefficient (Wildman–Crippen LogP) is 15.0. The molecule has 0 amide bonds. The Hall–Kier alpha value is -4.12. The monoisotopic (exact) mass is 833 g/mol. The smallest absolute Gasteiger partial charge is 0.151 e. The molecule has 0 aliphatic rings. The summed E-state index contributed by atoms with van der Waals surface area (Å²) in [5.74, 6) is 2.34. The molecule has 0 aliphatic heterocycles. The third-order valence-electron chi connectivity index (χ3n) is 10.3. The van der Waals surface area contributed by atoms with Gasteiger partial charge in [0.1, 0.15) is 0 Å². The molecule has 0 saturated carbocycles. The van der Waals surface area contributed by atoms with Crippen LogP contribution in [0, 0.1) is 5.41 Å². The summed E-state index contributed by atoms with van der Waals surface area (Å²) in [4.78, 5) is 7.38. The molecule has 8 heteroatoms. The Morgan fingerprint density at radius 3 is 1.50 bits per heavy atom. The highest BCUT2D eigenvalue weighted by atomic mass is 32.2. The van der Waals surface area contributed by atoms with Crippen LogP contribution in [-0.4, -0.2) is 34.0 Å². The van der Waals surface area contributed by atoms with Crippen LogP contribution in [0.5, 0.6) is 0 Å². The van der Waals surface area contributed by atoms with Gasteiger partial charge in [0.2, 0.25) is 0 Å². The highest BCUT2D eigenvalue weighted by Gasteiger charge is 2.31. The zero-order valence-electron chi connectivity index (χ0n) is 30.2. The lowest BCUT2D eigenvalue weighted by Gasteiger charge is -2.31. The number of para-hydroxylation sites is 1. The van der Waals surface area contributed by atoms with Crippen LogP contribution in [0.1, 0.15) is 0 Å². The summed E-state index contributed by atoms with van der Waals surface area (Å²) in [6.07, 6.45) is 0. The number of hydrogen-bond acceptors (Lipinski definition) is 8. The molecule has 2 nitrogen and oxygen atoms in total. The van der Waals surface area contributed by atoms with E-state index in [4.69, 9.17) is 4.98 Å². The first-order valence-corrected chi connectivity index (χ1v) is 23.9. The van der Waals surface area contributed by atoms with Gasteiger partial charge >= 0.3 is 0 Å². The molecule has 0 fully saturated rings. The molecule has 7 aromatic carbocycles. The number of thiophene rings is 2. The van der Waals surface area contributed by atoms with Crippen LogP contribution in [0.4, 0.5) is 0 Å². The first-order chi connectivity index (χ1) is 27.6. The Bertz CT molecular complexity index is 2820. The Balaban J connectivity index is 0.938. The van der Waals surface area contributed by atoms with Gasteiger partial charge in [0.05, 0.1) is 16.8 Å². The van der Waals surface area contributed by atoms with E-state index in [2.05, 4.69) is 152 Å². The second-order valence-corrected chi connectivity index (χ2v) is 20.5. The molecule has 0 atom stereocenters. The van der Waals surface area contributed by atoms with Crippen molar-refractivity contribution < 1.29 is 5.11 Å². The molecular weight excluding hydrogens is 799 g/mol. The van der Waals surface area contributed by atoms with Crippen molar-refractivity contribution in [1.82, 2.24) is 4.98 Å². The second kappa shape index (κ2) is 15.7. The van der Waals surface area contributed by atoms with Crippen LogP contribution in [0.3, 0.4) is 0 Å². The van der Waals surface area contributed by atoms with E-state index >= 15 is 0 Å². The normalized spacial score (nSPS) is 12.2. The van der Waals surface area contributed by atoms with Gasteiger partial charge in [-0.25, -0.2) is 4.98 Å². The third kappa shape index (κ3) is 7.06. The maximum atomic E-state index is 11.3. The van der Waals surface area contributed by atoms with Crippen LogP contribution < -0.4 is 0 Å². The average molecular weight is 834 g/mol. The van der Waals surface area contributed by atoms with Crippen molar-refractivity contribution in [2.75, 3.05) is 23.9 Å². The number of thioether (sulfide) groups is 3. The largest absolute Gasteiger partial charge is 0.396 e. The number of fused-ring (bicyclic) bond motifs is 7. The maximum Gasteiger partial charge on any atom is 0.151 e. The van der Waals surface area contributed by atoms with Gasteiger partial charge in [0, 0.05) is 72.8 Å². The lowest BCUT2D eigenvalue weighted by molar-refractivity contribution is 0.188. The van der Waals surface area contributed by atoms with Gasteiger partial charge in [-0.3, -0.25) is 0 Å². The topological polar surface area (TPSA) is 33.1 Å². The number of hydrogen-bond donors (Lipinski definition) is 1. The molecular formula is C48H35NOS6. The van der Waals surface area contributed by atoms with Crippen molar-refractivity contribution in [2.45, 2.75) is 14.1 Å². The van der Waals surface area contributed by atoms with Gasteiger partial charge in [-0.1, -0.05) is 121 Å². The number of aliphatic hydroxyl groups is 1. The standard InChI is InChI=1S/C48H35NOS6/c50-27-48(30-53-47-49-41-21-3-6-24-44(41)56-47,28-51-33-13-7-11-31(25-33)35-17-9-19-39-37-15-1-4-22-42(37)54-45(35)39)29-52-34-14-8-12-32(26-34)36-18-10-20-40-38-16-2-5-23-43(38)55-46(36)40/h1-26,50H,27-30H2. The highest BCUT2D eigenvalue weighted by molar-refractivity contribution is 8.02. The van der Waals surface area contributed by atoms with Crippen LogP contribution >= 0.6 is 69.3 Å². The number of thiazole rings is 1. The molecule has 0 unspecified atom stereocenters. The van der Waals surface area contributed by atoms with Crippen molar-refractivity contribution in [3.8, 4) is 22.3 Å². The summed E-state index contributed by atoms with van der Waals surface area (Å²) in [5.41, 5.74) is 5.67. The van der Waals surface area contributed by atoms with Crippen molar-refractivity contribution in [2.24, 2.45) is 5.41 Å². The number of aromatic nitrogens is 1. The maximum absolute atomic E-state index is 11.3. The molecule has 10 aromatic rings. The average Bonchev–Trinajstić information content (AvgIpc) is 3.97. The zero-order valence-corrected chi connectivity index (χ0v) is 35.1. The highest BCUT2D eigenvalue weighted by Crippen LogP contribution is 2.44. The lowest BCUT2D eigenvalue weighted by Crippen LogP contribution is -2.34. The predicted molar refractivity (Wildman–Crippen MR) is 251 cm³/mol. The van der Waals surface area contributed by atoms with Crippen molar-refractivity contribution in [3.63, 3.8) is 0 Å². The molecule has 3 heterocycles. The van der Waals surface area contributed by atoms with E-state index < -0.39 is 0 Å². The van der Waals surface area contributed by atoms with Gasteiger partial charge in [0.15, 0.2) is 4.34 Å². The minimum Gasteiger partial charge on any atom is -0.396 e. The van der Waals surface area contributed by atoms with Crippen molar-refractivity contribution >= 4 is 120 Å². The van der Waals surface area contributed by atoms with Crippen LogP contribution in [0.15, 0.2) is 172 Å². The molecule has 56 heavy (non-hydrogen) atoms. The number of aliphatic hydroxyl groups excluding tert-OH is 1. The van der Waals surface area contributed by atoms with E-state index in [1.54, 1.807) is 23.1 Å². The molecule has 0 bridgehead atoms. The van der Waals surface area contributed by atoms with Gasteiger partial charge in [0.25, 0.3) is 0 Å². The van der Waals surface area contributed by atoms with Gasteiger partial charge < -0.3 is 5.11 Å². The summed E-state index contributed by atoms with van der Waals surface area (Å²) in [5, 5.41) is 16.6. The summed E-state index contributed by atoms with van der Waals surface area (Å²) >= 11 is 11.0. The lowest BCUT2D eigenvalue weighted by atomic mass is 9.97. The number of nitrogens with zero attached hydrogens (tertiary/aromatic N) is 1. The van der Waals surface area contributed by atoms with E-state index in [0.29, 0.717) is 0 Å². The summed E-state index contributed by atoms with van der Waals surface area (Å²) in [6.45, 7) is 0.0897. The summed E-state index contributed by atoms with van der Waals surface area (Å²) < 4.78 is 7.54. The Morgan fingerprint density at radius 1 is 0.464 bits per heavy atom. The molecule has 0 spiro atoms. The van der Waals surface area contributed by atoms with E-state index in [0.717, 1.165) is 27.1 Å². The van der Waals surface area contributed by atoms with Crippen LogP contribution in [0.2, 0.25) is 0 Å². The number of rotatable bonds is 12. The first kappa shape index (κ1) is 36.2. The molecule has 1 N–H and O–H groups in total. The summed E-state index contributed by atoms with van der Waals surface area (Å²) in [6, 6.07) is 57.0. The quantitative estimate of drug-likeness (QED) is 0.124.